The van der Waals surface area contributed by atoms with Crippen LogP contribution in [-0.2, 0) is 6.54 Å². The van der Waals surface area contributed by atoms with Gasteiger partial charge in [0.05, 0.1) is 5.69 Å². The van der Waals surface area contributed by atoms with Gasteiger partial charge >= 0.3 is 0 Å². The Hall–Kier alpha value is -1.46. The summed E-state index contributed by atoms with van der Waals surface area (Å²) in [7, 11) is 2.23. The largest absolute Gasteiger partial charge is 0.349 e. The van der Waals surface area contributed by atoms with Crippen LogP contribution in [0.4, 0.5) is 0 Å². The Morgan fingerprint density at radius 2 is 2.14 bits per heavy atom. The Bertz CT molecular complexity index is 505. The van der Waals surface area contributed by atoms with E-state index in [9.17, 15) is 4.79 Å². The number of hydrogen-bond donors (Lipinski definition) is 2. The van der Waals surface area contributed by atoms with Crippen molar-refractivity contribution in [1.29, 1.82) is 0 Å². The molecule has 3 N–H and O–H groups in total. The van der Waals surface area contributed by atoms with Gasteiger partial charge in [0, 0.05) is 36.4 Å². The number of nitrogens with one attached hydrogen (secondary N) is 1. The summed E-state index contributed by atoms with van der Waals surface area (Å²) in [5.41, 5.74) is 6.99. The lowest BCUT2D eigenvalue weighted by Crippen LogP contribution is -2.55. The van der Waals surface area contributed by atoms with Gasteiger partial charge in [0.15, 0.2) is 0 Å². The van der Waals surface area contributed by atoms with Gasteiger partial charge in [-0.2, -0.15) is 0 Å². The summed E-state index contributed by atoms with van der Waals surface area (Å²) in [5.74, 6) is -0.000253. The lowest BCUT2D eigenvalue weighted by molar-refractivity contribution is 0.0463. The van der Waals surface area contributed by atoms with E-state index < -0.39 is 0 Å². The fourth-order valence-electron chi connectivity index (χ4n) is 3.73. The zero-order valence-electron chi connectivity index (χ0n) is 12.6. The van der Waals surface area contributed by atoms with Crippen LogP contribution in [0.5, 0.6) is 0 Å². The Morgan fingerprint density at radius 3 is 2.81 bits per heavy atom. The molecule has 0 spiro atoms. The minimum atomic E-state index is -0.000253. The Morgan fingerprint density at radius 1 is 1.43 bits per heavy atom. The van der Waals surface area contributed by atoms with Gasteiger partial charge in [0.1, 0.15) is 0 Å². The monoisotopic (exact) mass is 288 g/mol. The molecule has 0 aromatic carbocycles. The average molecular weight is 288 g/mol. The van der Waals surface area contributed by atoms with E-state index in [2.05, 4.69) is 22.2 Å². The minimum Gasteiger partial charge on any atom is -0.349 e. The molecule has 1 aromatic rings. The van der Waals surface area contributed by atoms with Crippen molar-refractivity contribution in [3.05, 3.63) is 29.6 Å². The number of carbonyl (C=O) groups excluding carboxylic acids is 1. The van der Waals surface area contributed by atoms with Crippen LogP contribution in [0, 0.1) is 0 Å². The van der Waals surface area contributed by atoms with Gasteiger partial charge in [0.25, 0.3) is 5.91 Å². The van der Waals surface area contributed by atoms with Crippen LogP contribution in [0.15, 0.2) is 18.3 Å². The van der Waals surface area contributed by atoms with Crippen molar-refractivity contribution < 1.29 is 4.79 Å². The SMILES string of the molecule is CN1C2CCCC1CC(NC(=O)c1ccnc(CN)c1)C2. The topological polar surface area (TPSA) is 71.2 Å². The maximum atomic E-state index is 12.4. The van der Waals surface area contributed by atoms with Crippen LogP contribution in [-0.4, -0.2) is 41.0 Å². The first-order chi connectivity index (χ1) is 10.2. The standard InChI is InChI=1S/C16H24N4O/c1-20-14-3-2-4-15(20)9-12(8-14)19-16(21)11-5-6-18-13(7-11)10-17/h5-7,12,14-15H,2-4,8-10,17H2,1H3,(H,19,21). The first-order valence-electron chi connectivity index (χ1n) is 7.85. The van der Waals surface area contributed by atoms with Crippen molar-refractivity contribution >= 4 is 5.91 Å². The molecular formula is C16H24N4O. The van der Waals surface area contributed by atoms with E-state index in [-0.39, 0.29) is 5.91 Å². The number of carbonyl (C=O) groups is 1. The second kappa shape index (κ2) is 6.12. The molecule has 114 valence electrons. The van der Waals surface area contributed by atoms with E-state index in [1.807, 2.05) is 0 Å². The van der Waals surface area contributed by atoms with Crippen LogP contribution in [0.1, 0.15) is 48.2 Å². The third kappa shape index (κ3) is 3.09. The lowest BCUT2D eigenvalue weighted by atomic mass is 9.82. The van der Waals surface area contributed by atoms with Crippen molar-refractivity contribution in [3.63, 3.8) is 0 Å². The normalized spacial score (nSPS) is 29.1. The molecule has 2 saturated heterocycles. The highest BCUT2D eigenvalue weighted by Gasteiger charge is 2.36. The fraction of sp³-hybridized carbons (Fsp3) is 0.625. The molecule has 21 heavy (non-hydrogen) atoms. The number of rotatable bonds is 3. The van der Waals surface area contributed by atoms with Crippen molar-refractivity contribution in [1.82, 2.24) is 15.2 Å². The quantitative estimate of drug-likeness (QED) is 0.879. The zero-order chi connectivity index (χ0) is 14.8. The number of amides is 1. The van der Waals surface area contributed by atoms with Gasteiger partial charge in [-0.25, -0.2) is 0 Å². The highest BCUT2D eigenvalue weighted by molar-refractivity contribution is 5.94. The third-order valence-electron chi connectivity index (χ3n) is 4.96. The van der Waals surface area contributed by atoms with E-state index in [0.717, 1.165) is 18.5 Å². The summed E-state index contributed by atoms with van der Waals surface area (Å²) in [6, 6.07) is 5.08. The number of aromatic nitrogens is 1. The second-order valence-electron chi connectivity index (χ2n) is 6.29. The maximum absolute atomic E-state index is 12.4. The first-order valence-corrected chi connectivity index (χ1v) is 7.85. The molecule has 1 amide bonds. The smallest absolute Gasteiger partial charge is 0.251 e. The van der Waals surface area contributed by atoms with Crippen LogP contribution < -0.4 is 11.1 Å². The molecular weight excluding hydrogens is 264 g/mol. The molecule has 2 atom stereocenters. The summed E-state index contributed by atoms with van der Waals surface area (Å²) < 4.78 is 0. The van der Waals surface area contributed by atoms with Crippen molar-refractivity contribution in [3.8, 4) is 0 Å². The van der Waals surface area contributed by atoms with Crippen LogP contribution in [0.25, 0.3) is 0 Å². The molecule has 0 saturated carbocycles. The predicted octanol–water partition coefficient (Wildman–Crippen LogP) is 1.29. The van der Waals surface area contributed by atoms with Crippen molar-refractivity contribution in [2.45, 2.75) is 56.8 Å². The van der Waals surface area contributed by atoms with Gasteiger partial charge in [-0.15, -0.1) is 0 Å². The van der Waals surface area contributed by atoms with Crippen LogP contribution >= 0.6 is 0 Å². The molecule has 3 rings (SSSR count). The number of nitrogens with two attached hydrogens (primary N) is 1. The fourth-order valence-corrected chi connectivity index (χ4v) is 3.73. The molecule has 0 radical (unpaired) electrons. The highest BCUT2D eigenvalue weighted by Crippen LogP contribution is 2.32. The molecule has 0 aliphatic carbocycles. The number of hydrogen-bond acceptors (Lipinski definition) is 4. The average Bonchev–Trinajstić information content (AvgIpc) is 2.48. The molecule has 5 nitrogen and oxygen atoms in total. The lowest BCUT2D eigenvalue weighted by Gasteiger charge is -2.47. The summed E-state index contributed by atoms with van der Waals surface area (Å²) in [5, 5.41) is 3.20. The Kier molecular flexibility index (Phi) is 4.22. The molecule has 3 heterocycles. The number of nitrogens with zero attached hydrogens (tertiary/aromatic N) is 2. The molecule has 2 fully saturated rings. The van der Waals surface area contributed by atoms with E-state index in [4.69, 9.17) is 5.73 Å². The summed E-state index contributed by atoms with van der Waals surface area (Å²) in [6.45, 7) is 0.361. The van der Waals surface area contributed by atoms with Crippen LogP contribution in [0.3, 0.4) is 0 Å². The summed E-state index contributed by atoms with van der Waals surface area (Å²) in [6.07, 6.45) is 7.62. The maximum Gasteiger partial charge on any atom is 0.251 e. The molecule has 2 aliphatic rings. The first kappa shape index (κ1) is 14.5. The van der Waals surface area contributed by atoms with Gasteiger partial charge in [0.2, 0.25) is 0 Å². The van der Waals surface area contributed by atoms with E-state index >= 15 is 0 Å². The van der Waals surface area contributed by atoms with Gasteiger partial charge in [-0.05, 0) is 44.9 Å². The zero-order valence-corrected chi connectivity index (χ0v) is 12.6. The van der Waals surface area contributed by atoms with E-state index in [1.165, 1.54) is 19.3 Å². The number of pyridine rings is 1. The molecule has 2 aliphatic heterocycles. The summed E-state index contributed by atoms with van der Waals surface area (Å²) in [4.78, 5) is 19.0. The molecule has 2 bridgehead atoms. The van der Waals surface area contributed by atoms with Gasteiger partial charge in [-0.1, -0.05) is 6.42 Å². The summed E-state index contributed by atoms with van der Waals surface area (Å²) >= 11 is 0. The van der Waals surface area contributed by atoms with Gasteiger partial charge < -0.3 is 16.0 Å². The van der Waals surface area contributed by atoms with E-state index in [0.29, 0.717) is 30.2 Å². The van der Waals surface area contributed by atoms with Crippen molar-refractivity contribution in [2.75, 3.05) is 7.05 Å². The minimum absolute atomic E-state index is 0.000253. The van der Waals surface area contributed by atoms with Crippen LogP contribution in [0.2, 0.25) is 0 Å². The number of fused-ring (bicyclic) bond motifs is 2. The van der Waals surface area contributed by atoms with E-state index in [1.54, 1.807) is 18.3 Å². The second-order valence-corrected chi connectivity index (χ2v) is 6.29. The highest BCUT2D eigenvalue weighted by atomic mass is 16.1. The van der Waals surface area contributed by atoms with Gasteiger partial charge in [-0.3, -0.25) is 9.78 Å². The molecule has 2 unspecified atom stereocenters. The molecule has 5 heteroatoms. The Balaban J connectivity index is 1.65. The predicted molar refractivity (Wildman–Crippen MR) is 81.8 cm³/mol. The number of piperidine rings is 2. The van der Waals surface area contributed by atoms with Crippen molar-refractivity contribution in [2.24, 2.45) is 5.73 Å². The Labute approximate surface area is 125 Å². The molecule has 1 aromatic heterocycles. The third-order valence-corrected chi connectivity index (χ3v) is 4.96.